The average Bonchev–Trinajstić information content (AvgIpc) is 3.16. The molecule has 2 saturated heterocycles. The maximum Gasteiger partial charge on any atom is 0.335 e. The van der Waals surface area contributed by atoms with Crippen molar-refractivity contribution >= 4 is 31.4 Å². The van der Waals surface area contributed by atoms with Gasteiger partial charge in [0.2, 0.25) is 0 Å². The fourth-order valence-electron chi connectivity index (χ4n) is 6.06. The number of hydrogen-bond donors (Lipinski definition) is 0. The van der Waals surface area contributed by atoms with Gasteiger partial charge in [-0.3, -0.25) is 14.2 Å². The molecule has 3 heterocycles. The van der Waals surface area contributed by atoms with Gasteiger partial charge in [-0.2, -0.15) is 0 Å². The van der Waals surface area contributed by atoms with Gasteiger partial charge in [-0.25, -0.2) is 9.36 Å². The van der Waals surface area contributed by atoms with Gasteiger partial charge in [0.05, 0.1) is 12.0 Å². The van der Waals surface area contributed by atoms with Crippen LogP contribution in [0.15, 0.2) is 21.9 Å². The third-order valence-electron chi connectivity index (χ3n) is 8.41. The van der Waals surface area contributed by atoms with E-state index in [-0.39, 0.29) is 28.8 Å². The van der Waals surface area contributed by atoms with E-state index < -0.39 is 79.3 Å². The van der Waals surface area contributed by atoms with E-state index in [1.807, 2.05) is 0 Å². The Labute approximate surface area is 266 Å². The lowest BCUT2D eigenvalue weighted by Crippen LogP contribution is -2.66. The standard InChI is InChI=1S/C30H56N2O9Si3/c1-19(2)43(20(3)4)37-17-23-25(40-44(41-43,21(5)6)22(7)8)26(39-42(12,13)14)27(38-23)31-16-15-24(33)32(29(31)35)18-36-28(34)30(9,10)11/h15-16,19-23,25-27H,17-18H2,1-14H3/t23-,25-,26+,27-/m1/s1. The summed E-state index contributed by atoms with van der Waals surface area (Å²) in [6, 6.07) is 1.28. The van der Waals surface area contributed by atoms with E-state index in [1.54, 1.807) is 20.8 Å². The number of ether oxygens (including phenoxy) is 2. The Hall–Kier alpha value is -1.40. The molecule has 44 heavy (non-hydrogen) atoms. The van der Waals surface area contributed by atoms with Gasteiger partial charge in [0.1, 0.15) is 18.3 Å². The average molecular weight is 673 g/mol. The monoisotopic (exact) mass is 672 g/mol. The van der Waals surface area contributed by atoms with E-state index >= 15 is 0 Å². The van der Waals surface area contributed by atoms with Crippen molar-refractivity contribution in [1.82, 2.24) is 9.13 Å². The molecule has 0 aromatic carbocycles. The first kappa shape index (κ1) is 37.1. The van der Waals surface area contributed by atoms with Crippen molar-refractivity contribution < 1.29 is 31.7 Å². The topological polar surface area (TPSA) is 116 Å². The first-order valence-corrected chi connectivity index (χ1v) is 23.3. The van der Waals surface area contributed by atoms with Crippen LogP contribution in [0, 0.1) is 5.41 Å². The van der Waals surface area contributed by atoms with Crippen LogP contribution in [-0.2, 0) is 38.4 Å². The van der Waals surface area contributed by atoms with Gasteiger partial charge in [0.25, 0.3) is 5.56 Å². The van der Waals surface area contributed by atoms with E-state index in [9.17, 15) is 14.4 Å². The summed E-state index contributed by atoms with van der Waals surface area (Å²) in [5.74, 6) is -0.521. The quantitative estimate of drug-likeness (QED) is 0.243. The summed E-state index contributed by atoms with van der Waals surface area (Å²) in [6.45, 7) is 28.4. The van der Waals surface area contributed by atoms with Gasteiger partial charge >= 0.3 is 28.8 Å². The van der Waals surface area contributed by atoms with E-state index in [0.29, 0.717) is 0 Å². The van der Waals surface area contributed by atoms with Crippen molar-refractivity contribution in [2.75, 3.05) is 6.61 Å². The minimum atomic E-state index is -3.00. The molecule has 0 radical (unpaired) electrons. The first-order valence-electron chi connectivity index (χ1n) is 15.9. The minimum absolute atomic E-state index is 0.0999. The second kappa shape index (κ2) is 13.4. The molecule has 2 aliphatic heterocycles. The molecular formula is C30H56N2O9Si3. The second-order valence-electron chi connectivity index (χ2n) is 15.4. The molecule has 4 atom stereocenters. The molecule has 0 unspecified atom stereocenters. The number of nitrogens with zero attached hydrogens (tertiary/aromatic N) is 2. The number of hydrogen-bond acceptors (Lipinski definition) is 9. The number of fused-ring (bicyclic) bond motifs is 1. The third-order valence-corrected chi connectivity index (χ3v) is 19.6. The summed E-state index contributed by atoms with van der Waals surface area (Å²) in [5, 5.41) is 0. The molecule has 14 heteroatoms. The second-order valence-corrected chi connectivity index (χ2v) is 28.7. The zero-order valence-corrected chi connectivity index (χ0v) is 32.3. The summed E-state index contributed by atoms with van der Waals surface area (Å²) in [7, 11) is -8.04. The lowest BCUT2D eigenvalue weighted by Gasteiger charge is -2.51. The van der Waals surface area contributed by atoms with Crippen molar-refractivity contribution in [3.05, 3.63) is 33.1 Å². The molecule has 3 rings (SSSR count). The molecule has 1 aromatic rings. The van der Waals surface area contributed by atoms with Gasteiger partial charge in [0.15, 0.2) is 21.3 Å². The Morgan fingerprint density at radius 3 is 2.00 bits per heavy atom. The van der Waals surface area contributed by atoms with Crippen LogP contribution in [-0.4, -0.2) is 65.5 Å². The molecule has 1 aromatic heterocycles. The van der Waals surface area contributed by atoms with Crippen molar-refractivity contribution in [1.29, 1.82) is 0 Å². The summed E-state index contributed by atoms with van der Waals surface area (Å²) >= 11 is 0. The maximum absolute atomic E-state index is 13.8. The molecule has 0 bridgehead atoms. The fraction of sp³-hybridized carbons (Fsp3) is 0.833. The van der Waals surface area contributed by atoms with E-state index in [4.69, 9.17) is 26.9 Å². The molecular weight excluding hydrogens is 617 g/mol. The predicted octanol–water partition coefficient (Wildman–Crippen LogP) is 5.63. The van der Waals surface area contributed by atoms with Crippen LogP contribution < -0.4 is 11.2 Å². The number of carbonyl (C=O) groups excluding carboxylic acids is 1. The Kier molecular flexibility index (Phi) is 11.3. The molecule has 0 saturated carbocycles. The zero-order valence-electron chi connectivity index (χ0n) is 29.3. The number of carbonyl (C=O) groups is 1. The van der Waals surface area contributed by atoms with Crippen LogP contribution >= 0.6 is 0 Å². The van der Waals surface area contributed by atoms with E-state index in [2.05, 4.69) is 75.0 Å². The van der Waals surface area contributed by atoms with Crippen LogP contribution in [0.4, 0.5) is 0 Å². The molecule has 0 aliphatic carbocycles. The number of esters is 1. The van der Waals surface area contributed by atoms with Crippen molar-refractivity contribution in [2.45, 2.75) is 149 Å². The van der Waals surface area contributed by atoms with Gasteiger partial charge in [-0.1, -0.05) is 55.4 Å². The van der Waals surface area contributed by atoms with Crippen LogP contribution in [0.25, 0.3) is 0 Å². The lowest BCUT2D eigenvalue weighted by molar-refractivity contribution is -0.157. The van der Waals surface area contributed by atoms with Crippen molar-refractivity contribution in [2.24, 2.45) is 5.41 Å². The SMILES string of the molecule is CC(C)[Si]1(C(C)C)OC[C@H]2O[C@@H](n3ccc(=O)n(COC(=O)C(C)(C)C)c3=O)[C@@H](O[Si](C)(C)C)[C@@H]2O[Si](C(C)C)(C(C)C)O1. The van der Waals surface area contributed by atoms with Gasteiger partial charge in [0, 0.05) is 12.3 Å². The Bertz CT molecular complexity index is 1260. The molecule has 0 amide bonds. The Balaban J connectivity index is 2.17. The third kappa shape index (κ3) is 7.43. The highest BCUT2D eigenvalue weighted by Gasteiger charge is 2.62. The smallest absolute Gasteiger partial charge is 0.335 e. The summed E-state index contributed by atoms with van der Waals surface area (Å²) in [5.41, 5.74) is -1.50. The van der Waals surface area contributed by atoms with Gasteiger partial charge < -0.3 is 26.9 Å². The van der Waals surface area contributed by atoms with Crippen LogP contribution in [0.1, 0.15) is 82.4 Å². The first-order chi connectivity index (χ1) is 20.1. The molecule has 0 spiro atoms. The van der Waals surface area contributed by atoms with Gasteiger partial charge in [-0.05, 0) is 62.6 Å². The molecule has 252 valence electrons. The maximum atomic E-state index is 13.8. The molecule has 0 N–H and O–H groups in total. The normalized spacial score (nSPS) is 25.8. The Morgan fingerprint density at radius 1 is 0.977 bits per heavy atom. The highest BCUT2D eigenvalue weighted by molar-refractivity contribution is 6.84. The fourth-order valence-corrected chi connectivity index (χ4v) is 18.3. The molecule has 2 fully saturated rings. The number of aromatic nitrogens is 2. The zero-order chi connectivity index (χ0) is 33.6. The van der Waals surface area contributed by atoms with Gasteiger partial charge in [-0.15, -0.1) is 0 Å². The summed E-state index contributed by atoms with van der Waals surface area (Å²) in [4.78, 5) is 39.1. The summed E-state index contributed by atoms with van der Waals surface area (Å²) < 4.78 is 42.6. The molecule has 11 nitrogen and oxygen atoms in total. The lowest BCUT2D eigenvalue weighted by atomic mass is 9.98. The highest BCUT2D eigenvalue weighted by Crippen LogP contribution is 2.49. The summed E-state index contributed by atoms with van der Waals surface area (Å²) in [6.07, 6.45) is -1.26. The van der Waals surface area contributed by atoms with Crippen LogP contribution in [0.5, 0.6) is 0 Å². The largest absolute Gasteiger partial charge is 0.443 e. The molecule has 2 aliphatic rings. The van der Waals surface area contributed by atoms with Crippen LogP contribution in [0.2, 0.25) is 41.8 Å². The van der Waals surface area contributed by atoms with Crippen molar-refractivity contribution in [3.8, 4) is 0 Å². The Morgan fingerprint density at radius 2 is 1.52 bits per heavy atom. The number of rotatable bonds is 9. The van der Waals surface area contributed by atoms with E-state index in [0.717, 1.165) is 4.57 Å². The van der Waals surface area contributed by atoms with E-state index in [1.165, 1.54) is 16.8 Å². The minimum Gasteiger partial charge on any atom is -0.443 e. The highest BCUT2D eigenvalue weighted by atomic mass is 28.5. The van der Waals surface area contributed by atoms with Crippen molar-refractivity contribution in [3.63, 3.8) is 0 Å². The van der Waals surface area contributed by atoms with Crippen LogP contribution in [0.3, 0.4) is 0 Å². The predicted molar refractivity (Wildman–Crippen MR) is 176 cm³/mol.